The third kappa shape index (κ3) is 3.41. The van der Waals surface area contributed by atoms with E-state index in [2.05, 4.69) is 4.72 Å². The van der Waals surface area contributed by atoms with Crippen molar-refractivity contribution in [3.63, 3.8) is 0 Å². The first-order valence-corrected chi connectivity index (χ1v) is 8.23. The number of benzene rings is 1. The summed E-state index contributed by atoms with van der Waals surface area (Å²) in [6, 6.07) is 4.28. The van der Waals surface area contributed by atoms with E-state index < -0.39 is 10.0 Å². The molecule has 0 amide bonds. The van der Waals surface area contributed by atoms with Gasteiger partial charge in [0.1, 0.15) is 4.90 Å². The molecular formula is C12H15Cl2NO3S. The maximum atomic E-state index is 12.3. The van der Waals surface area contributed by atoms with Crippen LogP contribution in [0.3, 0.4) is 0 Å². The number of nitrogens with one attached hydrogen (secondary N) is 1. The van der Waals surface area contributed by atoms with E-state index in [-0.39, 0.29) is 27.1 Å². The average Bonchev–Trinajstić information content (AvgIpc) is 2.80. The van der Waals surface area contributed by atoms with Crippen LogP contribution >= 0.6 is 23.2 Å². The van der Waals surface area contributed by atoms with Crippen molar-refractivity contribution in [2.24, 2.45) is 0 Å². The highest BCUT2D eigenvalue weighted by atomic mass is 35.5. The minimum atomic E-state index is -3.75. The van der Waals surface area contributed by atoms with Crippen LogP contribution in [-0.4, -0.2) is 27.2 Å². The summed E-state index contributed by atoms with van der Waals surface area (Å²) in [5.41, 5.74) is 0. The molecule has 1 aromatic rings. The Morgan fingerprint density at radius 2 is 2.00 bits per heavy atom. The van der Waals surface area contributed by atoms with Gasteiger partial charge in [-0.15, -0.1) is 0 Å². The van der Waals surface area contributed by atoms with Crippen LogP contribution in [0.5, 0.6) is 0 Å². The summed E-state index contributed by atoms with van der Waals surface area (Å²) in [5, 5.41) is 0.221. The Balaban J connectivity index is 2.22. The number of ether oxygens (including phenoxy) is 1. The van der Waals surface area contributed by atoms with Gasteiger partial charge in [-0.25, -0.2) is 13.1 Å². The van der Waals surface area contributed by atoms with Gasteiger partial charge in [0, 0.05) is 12.6 Å². The molecule has 2 rings (SSSR count). The molecule has 106 valence electrons. The molecule has 1 aromatic carbocycles. The Kier molecular flexibility index (Phi) is 4.74. The van der Waals surface area contributed by atoms with Crippen molar-refractivity contribution in [2.75, 3.05) is 6.61 Å². The van der Waals surface area contributed by atoms with Crippen LogP contribution in [0, 0.1) is 0 Å². The molecule has 1 N–H and O–H groups in total. The van der Waals surface area contributed by atoms with E-state index in [1.54, 1.807) is 13.0 Å². The Hall–Kier alpha value is -0.330. The van der Waals surface area contributed by atoms with Crippen LogP contribution < -0.4 is 4.72 Å². The van der Waals surface area contributed by atoms with Crippen molar-refractivity contribution in [3.05, 3.63) is 28.2 Å². The lowest BCUT2D eigenvalue weighted by atomic mass is 10.1. The minimum Gasteiger partial charge on any atom is -0.377 e. The number of halogens is 2. The monoisotopic (exact) mass is 323 g/mol. The molecule has 1 fully saturated rings. The fourth-order valence-corrected chi connectivity index (χ4v) is 4.53. The van der Waals surface area contributed by atoms with E-state index >= 15 is 0 Å². The normalized spacial score (nSPS) is 21.5. The lowest BCUT2D eigenvalue weighted by molar-refractivity contribution is 0.0902. The topological polar surface area (TPSA) is 55.4 Å². The van der Waals surface area contributed by atoms with Crippen LogP contribution in [0.4, 0.5) is 0 Å². The lowest BCUT2D eigenvalue weighted by Gasteiger charge is -2.20. The summed E-state index contributed by atoms with van der Waals surface area (Å²) in [7, 11) is -3.75. The van der Waals surface area contributed by atoms with Crippen molar-refractivity contribution >= 4 is 33.2 Å². The Morgan fingerprint density at radius 1 is 1.37 bits per heavy atom. The Labute approximate surface area is 123 Å². The second kappa shape index (κ2) is 5.97. The van der Waals surface area contributed by atoms with Crippen molar-refractivity contribution in [1.29, 1.82) is 0 Å². The van der Waals surface area contributed by atoms with Crippen LogP contribution in [0.15, 0.2) is 23.1 Å². The van der Waals surface area contributed by atoms with E-state index in [1.165, 1.54) is 12.1 Å². The van der Waals surface area contributed by atoms with Crippen LogP contribution in [0.25, 0.3) is 0 Å². The largest absolute Gasteiger partial charge is 0.377 e. The van der Waals surface area contributed by atoms with Crippen LogP contribution in [0.1, 0.15) is 19.8 Å². The third-order valence-corrected chi connectivity index (χ3v) is 5.56. The quantitative estimate of drug-likeness (QED) is 0.926. The molecular weight excluding hydrogens is 309 g/mol. The molecule has 1 heterocycles. The van der Waals surface area contributed by atoms with Gasteiger partial charge in [0.25, 0.3) is 0 Å². The van der Waals surface area contributed by atoms with Gasteiger partial charge in [-0.1, -0.05) is 29.3 Å². The molecule has 1 aliphatic heterocycles. The highest BCUT2D eigenvalue weighted by Crippen LogP contribution is 2.29. The highest BCUT2D eigenvalue weighted by Gasteiger charge is 2.29. The lowest BCUT2D eigenvalue weighted by Crippen LogP contribution is -2.40. The van der Waals surface area contributed by atoms with Gasteiger partial charge in [0.2, 0.25) is 10.0 Å². The predicted molar refractivity (Wildman–Crippen MR) is 75.2 cm³/mol. The molecule has 2 unspecified atom stereocenters. The van der Waals surface area contributed by atoms with Crippen molar-refractivity contribution < 1.29 is 13.2 Å². The van der Waals surface area contributed by atoms with E-state index in [4.69, 9.17) is 27.9 Å². The summed E-state index contributed by atoms with van der Waals surface area (Å²) in [6.07, 6.45) is 1.69. The van der Waals surface area contributed by atoms with Crippen molar-refractivity contribution in [1.82, 2.24) is 4.72 Å². The van der Waals surface area contributed by atoms with E-state index in [9.17, 15) is 8.42 Å². The first kappa shape index (κ1) is 15.1. The fraction of sp³-hybridized carbons (Fsp3) is 0.500. The summed E-state index contributed by atoms with van der Waals surface area (Å²) >= 11 is 11.8. The van der Waals surface area contributed by atoms with Gasteiger partial charge in [-0.05, 0) is 31.9 Å². The second-order valence-corrected chi connectivity index (χ2v) is 6.98. The first-order chi connectivity index (χ1) is 8.92. The van der Waals surface area contributed by atoms with Gasteiger partial charge in [-0.2, -0.15) is 0 Å². The molecule has 4 nitrogen and oxygen atoms in total. The molecule has 19 heavy (non-hydrogen) atoms. The summed E-state index contributed by atoms with van der Waals surface area (Å²) in [6.45, 7) is 2.45. The molecule has 1 saturated heterocycles. The average molecular weight is 324 g/mol. The summed E-state index contributed by atoms with van der Waals surface area (Å²) in [5.74, 6) is 0. The second-order valence-electron chi connectivity index (χ2n) is 4.51. The van der Waals surface area contributed by atoms with Crippen molar-refractivity contribution in [3.8, 4) is 0 Å². The van der Waals surface area contributed by atoms with E-state index in [0.717, 1.165) is 12.8 Å². The predicted octanol–water partition coefficient (Wildman–Crippen LogP) is 2.84. The van der Waals surface area contributed by atoms with Crippen LogP contribution in [-0.2, 0) is 14.8 Å². The fourth-order valence-electron chi connectivity index (χ4n) is 2.12. The third-order valence-electron chi connectivity index (χ3n) is 3.05. The molecule has 0 radical (unpaired) electrons. The smallest absolute Gasteiger partial charge is 0.243 e. The van der Waals surface area contributed by atoms with Gasteiger partial charge >= 0.3 is 0 Å². The number of hydrogen-bond donors (Lipinski definition) is 1. The number of sulfonamides is 1. The zero-order valence-corrected chi connectivity index (χ0v) is 12.7. The van der Waals surface area contributed by atoms with Gasteiger partial charge in [0.15, 0.2) is 0 Å². The molecule has 0 aliphatic carbocycles. The summed E-state index contributed by atoms with van der Waals surface area (Å²) in [4.78, 5) is -0.0804. The first-order valence-electron chi connectivity index (χ1n) is 6.00. The zero-order valence-electron chi connectivity index (χ0n) is 10.4. The highest BCUT2D eigenvalue weighted by molar-refractivity contribution is 7.89. The van der Waals surface area contributed by atoms with Gasteiger partial charge < -0.3 is 4.74 Å². The summed E-state index contributed by atoms with van der Waals surface area (Å²) < 4.78 is 32.6. The molecule has 7 heteroatoms. The van der Waals surface area contributed by atoms with E-state index in [1.807, 2.05) is 0 Å². The minimum absolute atomic E-state index is 0.0804. The van der Waals surface area contributed by atoms with Crippen molar-refractivity contribution in [2.45, 2.75) is 36.8 Å². The maximum Gasteiger partial charge on any atom is 0.243 e. The molecule has 0 spiro atoms. The Bertz CT molecular complexity index is 536. The van der Waals surface area contributed by atoms with Gasteiger partial charge in [0.05, 0.1) is 16.1 Å². The molecule has 0 bridgehead atoms. The van der Waals surface area contributed by atoms with Gasteiger partial charge in [-0.3, -0.25) is 0 Å². The Morgan fingerprint density at radius 3 is 2.53 bits per heavy atom. The maximum absolute atomic E-state index is 12.3. The molecule has 0 saturated carbocycles. The number of rotatable bonds is 4. The standard InChI is InChI=1S/C12H15Cl2NO3S/c1-8(11-6-3-7-18-11)15-19(16,17)12-9(13)4-2-5-10(12)14/h2,4-5,8,11,15H,3,6-7H2,1H3. The number of hydrogen-bond acceptors (Lipinski definition) is 3. The molecule has 0 aromatic heterocycles. The molecule has 1 aliphatic rings. The zero-order chi connectivity index (χ0) is 14.0. The SMILES string of the molecule is CC(NS(=O)(=O)c1c(Cl)cccc1Cl)C1CCCO1. The molecule has 2 atom stereocenters. The van der Waals surface area contributed by atoms with E-state index in [0.29, 0.717) is 6.61 Å². The van der Waals surface area contributed by atoms with Crippen LogP contribution in [0.2, 0.25) is 10.0 Å².